The van der Waals surface area contributed by atoms with E-state index in [2.05, 4.69) is 27.5 Å². The van der Waals surface area contributed by atoms with Crippen LogP contribution in [0, 0.1) is 5.92 Å². The molecule has 2 aliphatic rings. The van der Waals surface area contributed by atoms with Crippen LogP contribution < -0.4 is 10.9 Å². The summed E-state index contributed by atoms with van der Waals surface area (Å²) in [7, 11) is 1.84. The van der Waals surface area contributed by atoms with E-state index >= 15 is 0 Å². The highest BCUT2D eigenvalue weighted by molar-refractivity contribution is 5.79. The molecule has 2 aromatic heterocycles. The SMILES string of the molecule is CN1C(=O)C[C@@H](CNc2nccn(C3CC3)c2=O)[C@@H]1c1cnn(Cc2ccccc2)c1. The van der Waals surface area contributed by atoms with Crippen molar-refractivity contribution in [3.05, 3.63) is 76.6 Å². The van der Waals surface area contributed by atoms with Crippen LogP contribution in [-0.4, -0.2) is 43.7 Å². The number of nitrogens with zero attached hydrogens (tertiary/aromatic N) is 5. The third-order valence-electron chi connectivity index (χ3n) is 6.22. The van der Waals surface area contributed by atoms with E-state index in [1.807, 2.05) is 42.3 Å². The zero-order valence-corrected chi connectivity index (χ0v) is 17.5. The maximum Gasteiger partial charge on any atom is 0.293 e. The van der Waals surface area contributed by atoms with Crippen LogP contribution in [0.4, 0.5) is 5.82 Å². The van der Waals surface area contributed by atoms with Gasteiger partial charge in [-0.2, -0.15) is 5.10 Å². The van der Waals surface area contributed by atoms with E-state index in [4.69, 9.17) is 0 Å². The molecule has 5 rings (SSSR count). The molecule has 0 bridgehead atoms. The van der Waals surface area contributed by atoms with E-state index in [1.54, 1.807) is 21.9 Å². The lowest BCUT2D eigenvalue weighted by Gasteiger charge is -2.24. The predicted molar refractivity (Wildman–Crippen MR) is 117 cm³/mol. The molecule has 1 amide bonds. The van der Waals surface area contributed by atoms with Crippen molar-refractivity contribution < 1.29 is 4.79 Å². The average Bonchev–Trinajstić information content (AvgIpc) is 3.45. The van der Waals surface area contributed by atoms with Crippen LogP contribution in [0.5, 0.6) is 0 Å². The Bertz CT molecular complexity index is 1130. The van der Waals surface area contributed by atoms with Crippen molar-refractivity contribution in [1.82, 2.24) is 24.2 Å². The third kappa shape index (κ3) is 3.97. The second-order valence-corrected chi connectivity index (χ2v) is 8.47. The summed E-state index contributed by atoms with van der Waals surface area (Å²) in [5.74, 6) is 0.488. The van der Waals surface area contributed by atoms with Gasteiger partial charge >= 0.3 is 0 Å². The van der Waals surface area contributed by atoms with Crippen molar-refractivity contribution in [1.29, 1.82) is 0 Å². The lowest BCUT2D eigenvalue weighted by Crippen LogP contribution is -2.29. The van der Waals surface area contributed by atoms with Gasteiger partial charge in [0.2, 0.25) is 5.91 Å². The van der Waals surface area contributed by atoms with Crippen molar-refractivity contribution in [2.45, 2.75) is 37.9 Å². The Balaban J connectivity index is 1.32. The molecule has 31 heavy (non-hydrogen) atoms. The van der Waals surface area contributed by atoms with E-state index in [-0.39, 0.29) is 23.4 Å². The van der Waals surface area contributed by atoms with E-state index in [0.717, 1.165) is 18.4 Å². The standard InChI is InChI=1S/C23H26N6O2/c1-27-20(30)11-17(12-25-22-23(31)29(10-9-24-22)19-7-8-19)21(27)18-13-26-28(15-18)14-16-5-3-2-4-6-16/h2-6,9-10,13,15,17,19,21H,7-8,11-12,14H2,1H3,(H,24,25)/t17-,21+/m0/s1. The van der Waals surface area contributed by atoms with Gasteiger partial charge in [-0.05, 0) is 18.4 Å². The molecule has 0 unspecified atom stereocenters. The lowest BCUT2D eigenvalue weighted by molar-refractivity contribution is -0.127. The van der Waals surface area contributed by atoms with Crippen molar-refractivity contribution in [3.8, 4) is 0 Å². The summed E-state index contributed by atoms with van der Waals surface area (Å²) in [5, 5.41) is 7.73. The van der Waals surface area contributed by atoms with Gasteiger partial charge in [0.05, 0.1) is 18.8 Å². The van der Waals surface area contributed by atoms with Gasteiger partial charge in [-0.3, -0.25) is 14.3 Å². The number of anilines is 1. The Hall–Kier alpha value is -3.42. The summed E-state index contributed by atoms with van der Waals surface area (Å²) >= 11 is 0. The molecule has 1 aliphatic carbocycles. The van der Waals surface area contributed by atoms with Crippen molar-refractivity contribution in [3.63, 3.8) is 0 Å². The Morgan fingerprint density at radius 2 is 1.97 bits per heavy atom. The van der Waals surface area contributed by atoms with Gasteiger partial charge in [0, 0.05) is 56.1 Å². The number of nitrogens with one attached hydrogen (secondary N) is 1. The smallest absolute Gasteiger partial charge is 0.293 e. The van der Waals surface area contributed by atoms with Gasteiger partial charge in [-0.1, -0.05) is 30.3 Å². The molecule has 2 fully saturated rings. The van der Waals surface area contributed by atoms with Crippen molar-refractivity contribution in [2.75, 3.05) is 18.9 Å². The van der Waals surface area contributed by atoms with E-state index in [9.17, 15) is 9.59 Å². The average molecular weight is 419 g/mol. The highest BCUT2D eigenvalue weighted by atomic mass is 16.2. The minimum Gasteiger partial charge on any atom is -0.365 e. The minimum atomic E-state index is -0.0880. The molecular weight excluding hydrogens is 392 g/mol. The van der Waals surface area contributed by atoms with Gasteiger partial charge < -0.3 is 14.8 Å². The summed E-state index contributed by atoms with van der Waals surface area (Å²) in [6.45, 7) is 1.18. The molecule has 1 saturated heterocycles. The molecule has 1 aromatic carbocycles. The van der Waals surface area contributed by atoms with Crippen molar-refractivity contribution >= 4 is 11.7 Å². The first kappa shape index (κ1) is 19.5. The minimum absolute atomic E-state index is 0.0302. The first-order valence-corrected chi connectivity index (χ1v) is 10.7. The quantitative estimate of drug-likeness (QED) is 0.637. The van der Waals surface area contributed by atoms with Gasteiger partial charge in [-0.15, -0.1) is 0 Å². The second-order valence-electron chi connectivity index (χ2n) is 8.47. The monoisotopic (exact) mass is 418 g/mol. The van der Waals surface area contributed by atoms with Gasteiger partial charge in [0.15, 0.2) is 5.82 Å². The molecule has 1 saturated carbocycles. The molecule has 3 aromatic rings. The molecule has 0 spiro atoms. The Morgan fingerprint density at radius 3 is 2.74 bits per heavy atom. The molecule has 8 heteroatoms. The fourth-order valence-electron chi connectivity index (χ4n) is 4.43. The first-order valence-electron chi connectivity index (χ1n) is 10.7. The van der Waals surface area contributed by atoms with E-state index < -0.39 is 0 Å². The normalized spacial score (nSPS) is 20.9. The fourth-order valence-corrected chi connectivity index (χ4v) is 4.43. The summed E-state index contributed by atoms with van der Waals surface area (Å²) in [6, 6.07) is 10.4. The Kier molecular flexibility index (Phi) is 5.05. The Labute approximate surface area is 180 Å². The number of rotatable bonds is 7. The summed E-state index contributed by atoms with van der Waals surface area (Å²) in [6.07, 6.45) is 9.79. The highest BCUT2D eigenvalue weighted by Crippen LogP contribution is 2.37. The summed E-state index contributed by atoms with van der Waals surface area (Å²) in [4.78, 5) is 31.2. The zero-order valence-electron chi connectivity index (χ0n) is 17.5. The number of hydrogen-bond acceptors (Lipinski definition) is 5. The summed E-state index contributed by atoms with van der Waals surface area (Å²) in [5.41, 5.74) is 2.09. The first-order chi connectivity index (χ1) is 15.1. The number of likely N-dealkylation sites (tertiary alicyclic amines) is 1. The number of amides is 1. The molecule has 1 aliphatic heterocycles. The third-order valence-corrected chi connectivity index (χ3v) is 6.22. The van der Waals surface area contributed by atoms with Crippen LogP contribution >= 0.6 is 0 Å². The molecule has 3 heterocycles. The predicted octanol–water partition coefficient (Wildman–Crippen LogP) is 2.45. The lowest BCUT2D eigenvalue weighted by atomic mass is 9.96. The number of aromatic nitrogens is 4. The number of benzene rings is 1. The summed E-state index contributed by atoms with van der Waals surface area (Å²) < 4.78 is 3.66. The van der Waals surface area contributed by atoms with Gasteiger partial charge in [0.1, 0.15) is 0 Å². The van der Waals surface area contributed by atoms with Crippen LogP contribution in [0.25, 0.3) is 0 Å². The number of hydrogen-bond donors (Lipinski definition) is 1. The van der Waals surface area contributed by atoms with E-state index in [1.165, 1.54) is 5.56 Å². The maximum atomic E-state index is 12.7. The van der Waals surface area contributed by atoms with Crippen LogP contribution in [0.15, 0.2) is 59.9 Å². The maximum absolute atomic E-state index is 12.7. The van der Waals surface area contributed by atoms with Crippen LogP contribution in [0.1, 0.15) is 42.5 Å². The van der Waals surface area contributed by atoms with E-state index in [0.29, 0.717) is 31.4 Å². The van der Waals surface area contributed by atoms with Crippen LogP contribution in [-0.2, 0) is 11.3 Å². The molecule has 1 N–H and O–H groups in total. The molecular formula is C23H26N6O2. The highest BCUT2D eigenvalue weighted by Gasteiger charge is 2.39. The van der Waals surface area contributed by atoms with Gasteiger partial charge in [-0.25, -0.2) is 4.98 Å². The largest absolute Gasteiger partial charge is 0.365 e. The van der Waals surface area contributed by atoms with Crippen LogP contribution in [0.3, 0.4) is 0 Å². The zero-order chi connectivity index (χ0) is 21.4. The number of carbonyl (C=O) groups excluding carboxylic acids is 1. The molecule has 2 atom stereocenters. The van der Waals surface area contributed by atoms with Crippen molar-refractivity contribution in [2.24, 2.45) is 5.92 Å². The van der Waals surface area contributed by atoms with Crippen LogP contribution in [0.2, 0.25) is 0 Å². The van der Waals surface area contributed by atoms with Gasteiger partial charge in [0.25, 0.3) is 5.56 Å². The Morgan fingerprint density at radius 1 is 1.16 bits per heavy atom. The topological polar surface area (TPSA) is 85.1 Å². The number of carbonyl (C=O) groups is 1. The molecule has 160 valence electrons. The molecule has 8 nitrogen and oxygen atoms in total. The molecule has 0 radical (unpaired) electrons. The second kappa shape index (κ2) is 8.02. The fraction of sp³-hybridized carbons (Fsp3) is 0.391.